The minimum atomic E-state index is 0.219. The van der Waals surface area contributed by atoms with E-state index in [9.17, 15) is 0 Å². The van der Waals surface area contributed by atoms with Gasteiger partial charge in [0.2, 0.25) is 0 Å². The molecule has 0 aliphatic carbocycles. The van der Waals surface area contributed by atoms with Gasteiger partial charge in [0.25, 0.3) is 0 Å². The first kappa shape index (κ1) is 12.4. The van der Waals surface area contributed by atoms with E-state index in [4.69, 9.17) is 5.26 Å². The van der Waals surface area contributed by atoms with Crippen LogP contribution in [0.4, 0.5) is 5.69 Å². The number of piperidine rings is 1. The van der Waals surface area contributed by atoms with Crippen molar-refractivity contribution < 1.29 is 0 Å². The van der Waals surface area contributed by atoms with E-state index in [2.05, 4.69) is 44.0 Å². The van der Waals surface area contributed by atoms with Gasteiger partial charge in [-0.3, -0.25) is 4.98 Å². The fraction of sp³-hybridized carbons (Fsp3) is 0.333. The van der Waals surface area contributed by atoms with Gasteiger partial charge >= 0.3 is 0 Å². The van der Waals surface area contributed by atoms with E-state index >= 15 is 0 Å². The van der Waals surface area contributed by atoms with Gasteiger partial charge in [0.15, 0.2) is 0 Å². The number of nitriles is 1. The molecule has 1 aromatic carbocycles. The number of rotatable bonds is 1. The first-order valence-corrected chi connectivity index (χ1v) is 7.26. The van der Waals surface area contributed by atoms with E-state index in [0.717, 1.165) is 35.9 Å². The summed E-state index contributed by atoms with van der Waals surface area (Å²) in [6.45, 7) is 1.90. The van der Waals surface area contributed by atoms with Gasteiger partial charge in [-0.1, -0.05) is 12.1 Å². The maximum atomic E-state index is 8.97. The number of hydrogen-bond acceptors (Lipinski definition) is 3. The van der Waals surface area contributed by atoms with Crippen molar-refractivity contribution in [3.8, 4) is 6.07 Å². The summed E-state index contributed by atoms with van der Waals surface area (Å²) in [5.74, 6) is 0.219. The molecule has 3 nitrogen and oxygen atoms in total. The summed E-state index contributed by atoms with van der Waals surface area (Å²) < 4.78 is 1.03. The van der Waals surface area contributed by atoms with Gasteiger partial charge in [0.05, 0.1) is 11.6 Å². The smallest absolute Gasteiger partial charge is 0.0864 e. The quantitative estimate of drug-likeness (QED) is 0.805. The standard InChI is InChI=1S/C15H14BrN3/c16-13-3-1-2-12-14(4-7-18-15(12)13)19-8-5-11(10-17)6-9-19/h1-4,7,11H,5-6,8-9H2. The Morgan fingerprint density at radius 1 is 1.26 bits per heavy atom. The zero-order valence-corrected chi connectivity index (χ0v) is 12.1. The Bertz CT molecular complexity index is 639. The molecule has 0 radical (unpaired) electrons. The van der Waals surface area contributed by atoms with Crippen molar-refractivity contribution in [3.05, 3.63) is 34.9 Å². The van der Waals surface area contributed by atoms with Crippen LogP contribution in [0.3, 0.4) is 0 Å². The third kappa shape index (κ3) is 2.31. The third-order valence-electron chi connectivity index (χ3n) is 3.72. The SMILES string of the molecule is N#CC1CCN(c2ccnc3c(Br)cccc23)CC1. The molecule has 1 saturated heterocycles. The maximum absolute atomic E-state index is 8.97. The number of pyridine rings is 1. The lowest BCUT2D eigenvalue weighted by atomic mass is 9.98. The molecule has 0 saturated carbocycles. The Morgan fingerprint density at radius 2 is 2.05 bits per heavy atom. The number of hydrogen-bond donors (Lipinski definition) is 0. The number of halogens is 1. The van der Waals surface area contributed by atoms with Crippen molar-refractivity contribution in [3.63, 3.8) is 0 Å². The largest absolute Gasteiger partial charge is 0.371 e. The van der Waals surface area contributed by atoms with Gasteiger partial charge in [-0.2, -0.15) is 5.26 Å². The third-order valence-corrected chi connectivity index (χ3v) is 4.36. The first-order chi connectivity index (χ1) is 9.29. The van der Waals surface area contributed by atoms with Crippen molar-refractivity contribution in [2.24, 2.45) is 5.92 Å². The molecule has 0 N–H and O–H groups in total. The van der Waals surface area contributed by atoms with Gasteiger partial charge in [0, 0.05) is 40.8 Å². The molecule has 1 aromatic heterocycles. The summed E-state index contributed by atoms with van der Waals surface area (Å²) in [4.78, 5) is 6.81. The van der Waals surface area contributed by atoms with Crippen molar-refractivity contribution in [1.82, 2.24) is 4.98 Å². The van der Waals surface area contributed by atoms with Crippen molar-refractivity contribution in [2.75, 3.05) is 18.0 Å². The monoisotopic (exact) mass is 315 g/mol. The van der Waals surface area contributed by atoms with Crippen LogP contribution >= 0.6 is 15.9 Å². The Labute approximate surface area is 121 Å². The topological polar surface area (TPSA) is 39.9 Å². The molecule has 96 valence electrons. The number of anilines is 1. The van der Waals surface area contributed by atoms with Gasteiger partial charge in [-0.05, 0) is 40.9 Å². The molecular weight excluding hydrogens is 302 g/mol. The van der Waals surface area contributed by atoms with Crippen LogP contribution in [0, 0.1) is 17.2 Å². The second-order valence-electron chi connectivity index (χ2n) is 4.86. The molecule has 1 aliphatic rings. The van der Waals surface area contributed by atoms with Crippen molar-refractivity contribution in [2.45, 2.75) is 12.8 Å². The Morgan fingerprint density at radius 3 is 2.79 bits per heavy atom. The summed E-state index contributed by atoms with van der Waals surface area (Å²) in [6.07, 6.45) is 3.77. The molecule has 2 heterocycles. The molecule has 0 unspecified atom stereocenters. The van der Waals surface area contributed by atoms with E-state index in [1.54, 1.807) is 0 Å². The van der Waals surface area contributed by atoms with Gasteiger partial charge in [-0.25, -0.2) is 0 Å². The second kappa shape index (κ2) is 5.18. The predicted octanol–water partition coefficient (Wildman–Crippen LogP) is 3.74. The molecular formula is C15H14BrN3. The molecule has 0 atom stereocenters. The van der Waals surface area contributed by atoms with Crippen LogP contribution in [0.2, 0.25) is 0 Å². The summed E-state index contributed by atoms with van der Waals surface area (Å²) in [6, 6.07) is 10.6. The van der Waals surface area contributed by atoms with Crippen LogP contribution in [-0.4, -0.2) is 18.1 Å². The van der Waals surface area contributed by atoms with Gasteiger partial charge < -0.3 is 4.90 Å². The number of para-hydroxylation sites is 1. The van der Waals surface area contributed by atoms with E-state index in [-0.39, 0.29) is 5.92 Å². The molecule has 0 spiro atoms. The average Bonchev–Trinajstić information content (AvgIpc) is 2.47. The van der Waals surface area contributed by atoms with Crippen LogP contribution in [0.5, 0.6) is 0 Å². The number of aromatic nitrogens is 1. The Kier molecular flexibility index (Phi) is 3.39. The molecule has 4 heteroatoms. The van der Waals surface area contributed by atoms with Crippen LogP contribution < -0.4 is 4.90 Å². The lowest BCUT2D eigenvalue weighted by Crippen LogP contribution is -2.33. The summed E-state index contributed by atoms with van der Waals surface area (Å²) in [5.41, 5.74) is 2.23. The van der Waals surface area contributed by atoms with Gasteiger partial charge in [-0.15, -0.1) is 0 Å². The number of benzene rings is 1. The second-order valence-corrected chi connectivity index (χ2v) is 5.71. The Balaban J connectivity index is 1.98. The number of nitrogens with zero attached hydrogens (tertiary/aromatic N) is 3. The van der Waals surface area contributed by atoms with Crippen LogP contribution in [0.1, 0.15) is 12.8 Å². The van der Waals surface area contributed by atoms with E-state index in [0.29, 0.717) is 0 Å². The highest BCUT2D eigenvalue weighted by molar-refractivity contribution is 9.10. The minimum absolute atomic E-state index is 0.219. The zero-order chi connectivity index (χ0) is 13.2. The molecule has 0 bridgehead atoms. The average molecular weight is 316 g/mol. The predicted molar refractivity (Wildman–Crippen MR) is 80.0 cm³/mol. The molecule has 1 aliphatic heterocycles. The van der Waals surface area contributed by atoms with Crippen LogP contribution in [0.15, 0.2) is 34.9 Å². The summed E-state index contributed by atoms with van der Waals surface area (Å²) in [5, 5.41) is 10.1. The lowest BCUT2D eigenvalue weighted by molar-refractivity contribution is 0.488. The number of fused-ring (bicyclic) bond motifs is 1. The summed E-state index contributed by atoms with van der Waals surface area (Å²) in [7, 11) is 0. The molecule has 1 fully saturated rings. The molecule has 2 aromatic rings. The minimum Gasteiger partial charge on any atom is -0.371 e. The first-order valence-electron chi connectivity index (χ1n) is 6.47. The lowest BCUT2D eigenvalue weighted by Gasteiger charge is -2.31. The molecule has 0 amide bonds. The van der Waals surface area contributed by atoms with E-state index < -0.39 is 0 Å². The highest BCUT2D eigenvalue weighted by Crippen LogP contribution is 2.31. The van der Waals surface area contributed by atoms with Crippen molar-refractivity contribution in [1.29, 1.82) is 5.26 Å². The van der Waals surface area contributed by atoms with Crippen molar-refractivity contribution >= 4 is 32.5 Å². The van der Waals surface area contributed by atoms with E-state index in [1.165, 1.54) is 11.1 Å². The fourth-order valence-corrected chi connectivity index (χ4v) is 3.12. The molecule has 19 heavy (non-hydrogen) atoms. The Hall–Kier alpha value is -1.60. The maximum Gasteiger partial charge on any atom is 0.0864 e. The summed E-state index contributed by atoms with van der Waals surface area (Å²) >= 11 is 3.55. The fourth-order valence-electron chi connectivity index (χ4n) is 2.65. The highest BCUT2D eigenvalue weighted by atomic mass is 79.9. The van der Waals surface area contributed by atoms with Crippen LogP contribution in [-0.2, 0) is 0 Å². The highest BCUT2D eigenvalue weighted by Gasteiger charge is 2.20. The molecule has 3 rings (SSSR count). The van der Waals surface area contributed by atoms with E-state index in [1.807, 2.05) is 18.3 Å². The zero-order valence-electron chi connectivity index (χ0n) is 10.5. The normalized spacial score (nSPS) is 16.5. The van der Waals surface area contributed by atoms with Gasteiger partial charge in [0.1, 0.15) is 0 Å². The van der Waals surface area contributed by atoms with Crippen LogP contribution in [0.25, 0.3) is 10.9 Å².